The second kappa shape index (κ2) is 16.7. The van der Waals surface area contributed by atoms with Gasteiger partial charge in [-0.2, -0.15) is 0 Å². The zero-order chi connectivity index (χ0) is 48.1. The molecule has 11 aromatic carbocycles. The third-order valence-corrected chi connectivity index (χ3v) is 17.1. The van der Waals surface area contributed by atoms with E-state index in [-0.39, 0.29) is 0 Å². The van der Waals surface area contributed by atoms with Gasteiger partial charge in [-0.15, -0.1) is 0 Å². The van der Waals surface area contributed by atoms with Gasteiger partial charge in [-0.25, -0.2) is 0 Å². The second-order valence-corrected chi connectivity index (χ2v) is 21.2. The third-order valence-electron chi connectivity index (χ3n) is 14.8. The summed E-state index contributed by atoms with van der Waals surface area (Å²) in [5.74, 6) is 0. The average Bonchev–Trinajstić information content (AvgIpc) is 4.17. The van der Waals surface area contributed by atoms with Crippen LogP contribution in [0, 0.1) is 6.92 Å². The van der Waals surface area contributed by atoms with E-state index in [0.717, 1.165) is 22.7 Å². The zero-order valence-corrected chi connectivity index (χ0v) is 41.4. The van der Waals surface area contributed by atoms with E-state index < -0.39 is 0 Å². The highest BCUT2D eigenvalue weighted by Crippen LogP contribution is 2.44. The maximum absolute atomic E-state index is 2.45. The minimum absolute atomic E-state index is 1.13. The van der Waals surface area contributed by atoms with Crippen molar-refractivity contribution in [1.82, 2.24) is 18.3 Å². The molecule has 15 aromatic rings. The van der Waals surface area contributed by atoms with Gasteiger partial charge in [0, 0.05) is 85.4 Å². The fourth-order valence-corrected chi connectivity index (χ4v) is 13.8. The van der Waals surface area contributed by atoms with Crippen molar-refractivity contribution in [1.29, 1.82) is 0 Å². The Labute approximate surface area is 430 Å². The molecule has 344 valence electrons. The SMILES string of the molecule is Cc1c(Sc2cc(-n3c4ccccc4c4ccccc43)cc(-n3c4ccccc4c4ccccc43)c2)cccc1Sc1cc(-n2c3ccccc3c3ccccc32)cc(-n2c3ccccc3c3ccccc32)c1. The zero-order valence-electron chi connectivity index (χ0n) is 39.8. The van der Waals surface area contributed by atoms with Gasteiger partial charge in [0.05, 0.1) is 44.1 Å². The van der Waals surface area contributed by atoms with Crippen molar-refractivity contribution in [2.45, 2.75) is 26.5 Å². The maximum atomic E-state index is 2.45. The van der Waals surface area contributed by atoms with E-state index in [1.165, 1.54) is 112 Å². The molecule has 6 heteroatoms. The molecule has 4 heterocycles. The molecule has 0 bridgehead atoms. The van der Waals surface area contributed by atoms with Crippen LogP contribution in [0.1, 0.15) is 5.56 Å². The molecule has 0 N–H and O–H groups in total. The minimum atomic E-state index is 1.13. The first-order valence-electron chi connectivity index (χ1n) is 24.8. The summed E-state index contributed by atoms with van der Waals surface area (Å²) >= 11 is 3.69. The Kier molecular flexibility index (Phi) is 9.62. The number of aromatic nitrogens is 4. The molecule has 0 unspecified atom stereocenters. The van der Waals surface area contributed by atoms with E-state index in [0.29, 0.717) is 0 Å². The molecule has 0 aliphatic heterocycles. The van der Waals surface area contributed by atoms with Crippen LogP contribution in [0.15, 0.2) is 268 Å². The number of fused-ring (bicyclic) bond motifs is 12. The molecule has 0 saturated heterocycles. The summed E-state index contributed by atoms with van der Waals surface area (Å²) in [6.45, 7) is 2.29. The Balaban J connectivity index is 0.899. The summed E-state index contributed by atoms with van der Waals surface area (Å²) in [6.07, 6.45) is 0. The topological polar surface area (TPSA) is 19.7 Å². The smallest absolute Gasteiger partial charge is 0.0541 e. The summed E-state index contributed by atoms with van der Waals surface area (Å²) in [5.41, 5.74) is 15.3. The molecule has 0 atom stereocenters. The highest BCUT2D eigenvalue weighted by molar-refractivity contribution is 8.00. The number of rotatable bonds is 8. The van der Waals surface area contributed by atoms with Crippen molar-refractivity contribution < 1.29 is 0 Å². The summed E-state index contributed by atoms with van der Waals surface area (Å²) in [4.78, 5) is 4.78. The second-order valence-electron chi connectivity index (χ2n) is 18.9. The van der Waals surface area contributed by atoms with Gasteiger partial charge < -0.3 is 18.3 Å². The quantitative estimate of drug-likeness (QED) is 0.151. The van der Waals surface area contributed by atoms with Gasteiger partial charge in [0.2, 0.25) is 0 Å². The fourth-order valence-electron chi connectivity index (χ4n) is 11.6. The van der Waals surface area contributed by atoms with Crippen LogP contribution >= 0.6 is 23.5 Å². The third kappa shape index (κ3) is 6.64. The average molecular weight is 969 g/mol. The van der Waals surface area contributed by atoms with Crippen molar-refractivity contribution in [3.63, 3.8) is 0 Å². The van der Waals surface area contributed by atoms with E-state index in [9.17, 15) is 0 Å². The van der Waals surface area contributed by atoms with Crippen LogP contribution in [0.4, 0.5) is 0 Å². The largest absolute Gasteiger partial charge is 0.309 e. The van der Waals surface area contributed by atoms with Gasteiger partial charge in [0.25, 0.3) is 0 Å². The maximum Gasteiger partial charge on any atom is 0.0541 e. The van der Waals surface area contributed by atoms with Gasteiger partial charge in [0.15, 0.2) is 0 Å². The highest BCUT2D eigenvalue weighted by Gasteiger charge is 2.20. The number of hydrogen-bond acceptors (Lipinski definition) is 2. The van der Waals surface area contributed by atoms with Crippen LogP contribution in [0.2, 0.25) is 0 Å². The molecular weight excluding hydrogens is 925 g/mol. The molecule has 0 fully saturated rings. The molecule has 0 spiro atoms. The summed E-state index contributed by atoms with van der Waals surface area (Å²) in [5, 5.41) is 9.99. The fraction of sp³-hybridized carbons (Fsp3) is 0.0149. The lowest BCUT2D eigenvalue weighted by Crippen LogP contribution is -2.00. The first-order chi connectivity index (χ1) is 36.1. The lowest BCUT2D eigenvalue weighted by molar-refractivity contribution is 1.11. The molecule has 0 saturated carbocycles. The Morgan fingerprint density at radius 3 is 0.658 bits per heavy atom. The summed E-state index contributed by atoms with van der Waals surface area (Å²) in [6, 6.07) is 91.5. The number of hydrogen-bond donors (Lipinski definition) is 0. The Morgan fingerprint density at radius 2 is 0.438 bits per heavy atom. The predicted octanol–water partition coefficient (Wildman–Crippen LogP) is 18.7. The van der Waals surface area contributed by atoms with E-state index in [4.69, 9.17) is 0 Å². The van der Waals surface area contributed by atoms with Gasteiger partial charge in [0.1, 0.15) is 0 Å². The first-order valence-corrected chi connectivity index (χ1v) is 26.5. The summed E-state index contributed by atoms with van der Waals surface area (Å²) in [7, 11) is 0. The van der Waals surface area contributed by atoms with Crippen molar-refractivity contribution >= 4 is 111 Å². The summed E-state index contributed by atoms with van der Waals surface area (Å²) < 4.78 is 9.79. The van der Waals surface area contributed by atoms with Crippen LogP contribution in [0.25, 0.3) is 110 Å². The van der Waals surface area contributed by atoms with Crippen LogP contribution in [0.3, 0.4) is 0 Å². The molecule has 0 radical (unpaired) electrons. The van der Waals surface area contributed by atoms with E-state index in [1.54, 1.807) is 0 Å². The number of para-hydroxylation sites is 8. The van der Waals surface area contributed by atoms with Crippen molar-refractivity contribution in [3.05, 3.63) is 254 Å². The molecule has 4 aromatic heterocycles. The normalized spacial score (nSPS) is 12.0. The molecule has 15 rings (SSSR count). The highest BCUT2D eigenvalue weighted by atomic mass is 32.2. The Hall–Kier alpha value is -8.68. The van der Waals surface area contributed by atoms with E-state index in [1.807, 2.05) is 23.5 Å². The van der Waals surface area contributed by atoms with Gasteiger partial charge in [-0.1, -0.05) is 175 Å². The minimum Gasteiger partial charge on any atom is -0.309 e. The lowest BCUT2D eigenvalue weighted by atomic mass is 10.2. The number of nitrogens with zero attached hydrogens (tertiary/aromatic N) is 4. The van der Waals surface area contributed by atoms with Crippen LogP contribution in [0.5, 0.6) is 0 Å². The van der Waals surface area contributed by atoms with Crippen molar-refractivity contribution in [2.24, 2.45) is 0 Å². The van der Waals surface area contributed by atoms with Gasteiger partial charge in [-0.05, 0) is 110 Å². The van der Waals surface area contributed by atoms with Crippen molar-refractivity contribution in [2.75, 3.05) is 0 Å². The monoisotopic (exact) mass is 968 g/mol. The Bertz CT molecular complexity index is 3950. The molecule has 0 aliphatic carbocycles. The van der Waals surface area contributed by atoms with Crippen LogP contribution in [-0.2, 0) is 0 Å². The van der Waals surface area contributed by atoms with Crippen molar-refractivity contribution in [3.8, 4) is 22.7 Å². The molecule has 0 aliphatic rings. The van der Waals surface area contributed by atoms with Gasteiger partial charge >= 0.3 is 0 Å². The molecule has 0 amide bonds. The van der Waals surface area contributed by atoms with Gasteiger partial charge in [-0.3, -0.25) is 0 Å². The first kappa shape index (κ1) is 42.0. The lowest BCUT2D eigenvalue weighted by Gasteiger charge is -2.17. The molecule has 73 heavy (non-hydrogen) atoms. The van der Waals surface area contributed by atoms with Crippen LogP contribution < -0.4 is 0 Å². The predicted molar refractivity (Wildman–Crippen MR) is 310 cm³/mol. The molecular formula is C67H44N4S2. The standard InChI is InChI=1S/C67H44N4S2/c1-43-66(72-48-39-44(68-58-27-10-2-19-50(58)51-20-3-11-28-59(51)68)37-45(40-48)69-60-29-12-4-21-52(60)53-22-5-13-30-61(53)69)35-18-36-67(43)73-49-41-46(70-62-31-14-6-23-54(62)55-24-7-15-32-63(55)70)38-47(42-49)71-64-33-16-8-25-56(64)57-26-9-17-34-65(57)71/h2-42H,1H3. The number of benzene rings is 11. The molecule has 4 nitrogen and oxygen atoms in total. The Morgan fingerprint density at radius 1 is 0.233 bits per heavy atom. The van der Waals surface area contributed by atoms with Crippen LogP contribution in [-0.4, -0.2) is 18.3 Å². The van der Waals surface area contributed by atoms with E-state index in [2.05, 4.69) is 274 Å². The van der Waals surface area contributed by atoms with E-state index >= 15 is 0 Å².